The molecule has 0 unspecified atom stereocenters. The number of carbonyl (C=O) groups excluding carboxylic acids is 2. The number of aryl methyl sites for hydroxylation is 1. The number of anilines is 1. The molecular formula is C21H24N2O2. The number of rotatable bonds is 5. The van der Waals surface area contributed by atoms with Gasteiger partial charge in [-0.15, -0.1) is 0 Å². The summed E-state index contributed by atoms with van der Waals surface area (Å²) < 4.78 is 0. The summed E-state index contributed by atoms with van der Waals surface area (Å²) in [5.41, 5.74) is 4.14. The van der Waals surface area contributed by atoms with Gasteiger partial charge in [0.1, 0.15) is 0 Å². The van der Waals surface area contributed by atoms with Crippen LogP contribution < -0.4 is 5.32 Å². The van der Waals surface area contributed by atoms with Crippen LogP contribution in [0, 0.1) is 0 Å². The molecule has 0 saturated heterocycles. The van der Waals surface area contributed by atoms with Crippen LogP contribution in [0.15, 0.2) is 48.5 Å². The van der Waals surface area contributed by atoms with Crippen molar-refractivity contribution in [3.8, 4) is 0 Å². The molecule has 130 valence electrons. The Hall–Kier alpha value is -2.62. The molecule has 0 bridgehead atoms. The maximum absolute atomic E-state index is 12.6. The summed E-state index contributed by atoms with van der Waals surface area (Å²) >= 11 is 0. The molecular weight excluding hydrogens is 312 g/mol. The van der Waals surface area contributed by atoms with Crippen molar-refractivity contribution in [3.05, 3.63) is 65.2 Å². The summed E-state index contributed by atoms with van der Waals surface area (Å²) in [6.45, 7) is 1.79. The Balaban J connectivity index is 1.63. The third-order valence-corrected chi connectivity index (χ3v) is 4.93. The van der Waals surface area contributed by atoms with Gasteiger partial charge in [0.15, 0.2) is 5.78 Å². The second-order valence-corrected chi connectivity index (χ2v) is 6.60. The molecule has 0 saturated carbocycles. The first-order valence-electron chi connectivity index (χ1n) is 8.74. The van der Waals surface area contributed by atoms with Crippen LogP contribution in [0.2, 0.25) is 0 Å². The molecule has 1 aliphatic carbocycles. The van der Waals surface area contributed by atoms with Crippen molar-refractivity contribution in [1.82, 2.24) is 4.90 Å². The summed E-state index contributed by atoms with van der Waals surface area (Å²) in [5, 5.41) is 3.15. The molecule has 0 fully saturated rings. The van der Waals surface area contributed by atoms with Crippen LogP contribution in [-0.2, 0) is 11.2 Å². The van der Waals surface area contributed by atoms with E-state index in [1.54, 1.807) is 19.1 Å². The minimum atomic E-state index is 0.0401. The van der Waals surface area contributed by atoms with Crippen LogP contribution in [0.3, 0.4) is 0 Å². The zero-order valence-corrected chi connectivity index (χ0v) is 14.8. The van der Waals surface area contributed by atoms with Crippen molar-refractivity contribution in [2.45, 2.75) is 32.2 Å². The maximum Gasteiger partial charge on any atom is 0.242 e. The molecule has 1 atom stereocenters. The monoisotopic (exact) mass is 336 g/mol. The zero-order valence-electron chi connectivity index (χ0n) is 14.8. The van der Waals surface area contributed by atoms with Crippen molar-refractivity contribution < 1.29 is 9.59 Å². The fourth-order valence-corrected chi connectivity index (χ4v) is 3.43. The van der Waals surface area contributed by atoms with E-state index in [1.807, 2.05) is 30.1 Å². The van der Waals surface area contributed by atoms with Crippen LogP contribution in [0.4, 0.5) is 5.69 Å². The summed E-state index contributed by atoms with van der Waals surface area (Å²) in [6.07, 6.45) is 3.21. The van der Waals surface area contributed by atoms with Crippen LogP contribution >= 0.6 is 0 Å². The largest absolute Gasteiger partial charge is 0.376 e. The average molecular weight is 336 g/mol. The molecule has 1 aliphatic rings. The third-order valence-electron chi connectivity index (χ3n) is 4.93. The van der Waals surface area contributed by atoms with Gasteiger partial charge in [0.05, 0.1) is 12.6 Å². The first kappa shape index (κ1) is 17.2. The van der Waals surface area contributed by atoms with Gasteiger partial charge < -0.3 is 10.2 Å². The molecule has 3 rings (SSSR count). The van der Waals surface area contributed by atoms with Crippen LogP contribution in [0.25, 0.3) is 0 Å². The standard InChI is InChI=1S/C21H24N2O2/c1-15(24)16-10-12-18(13-11-16)22-14-21(25)23(2)20-9-5-7-17-6-3-4-8-19(17)20/h3-4,6,8,10-13,20,22H,5,7,9,14H2,1-2H3/t20-/m0/s1. The number of likely N-dealkylation sites (N-methyl/N-ethyl adjacent to an activating group) is 1. The van der Waals surface area contributed by atoms with E-state index in [0.29, 0.717) is 5.56 Å². The molecule has 4 heteroatoms. The highest BCUT2D eigenvalue weighted by Gasteiger charge is 2.26. The Morgan fingerprint density at radius 1 is 1.12 bits per heavy atom. The van der Waals surface area contributed by atoms with E-state index in [9.17, 15) is 9.59 Å². The predicted molar refractivity (Wildman–Crippen MR) is 99.8 cm³/mol. The van der Waals surface area contributed by atoms with Gasteiger partial charge in [-0.2, -0.15) is 0 Å². The summed E-state index contributed by atoms with van der Waals surface area (Å²) in [4.78, 5) is 25.8. The lowest BCUT2D eigenvalue weighted by atomic mass is 9.87. The van der Waals surface area contributed by atoms with Crippen molar-refractivity contribution in [2.75, 3.05) is 18.9 Å². The summed E-state index contributed by atoms with van der Waals surface area (Å²) in [5.74, 6) is 0.107. The molecule has 0 aliphatic heterocycles. The van der Waals surface area contributed by atoms with Crippen molar-refractivity contribution in [2.24, 2.45) is 0 Å². The quantitative estimate of drug-likeness (QED) is 0.844. The molecule has 1 N–H and O–H groups in total. The Labute approximate surface area is 148 Å². The van der Waals surface area contributed by atoms with E-state index in [4.69, 9.17) is 0 Å². The lowest BCUT2D eigenvalue weighted by molar-refractivity contribution is -0.130. The van der Waals surface area contributed by atoms with Gasteiger partial charge in [-0.05, 0) is 61.6 Å². The van der Waals surface area contributed by atoms with Gasteiger partial charge in [-0.1, -0.05) is 24.3 Å². The smallest absolute Gasteiger partial charge is 0.242 e. The van der Waals surface area contributed by atoms with E-state index in [-0.39, 0.29) is 24.3 Å². The Morgan fingerprint density at radius 2 is 1.84 bits per heavy atom. The van der Waals surface area contributed by atoms with Gasteiger partial charge in [-0.3, -0.25) is 9.59 Å². The van der Waals surface area contributed by atoms with Crippen molar-refractivity contribution >= 4 is 17.4 Å². The summed E-state index contributed by atoms with van der Waals surface area (Å²) in [7, 11) is 1.88. The van der Waals surface area contributed by atoms with E-state index >= 15 is 0 Å². The second-order valence-electron chi connectivity index (χ2n) is 6.60. The molecule has 0 heterocycles. The van der Waals surface area contributed by atoms with Crippen molar-refractivity contribution in [3.63, 3.8) is 0 Å². The van der Waals surface area contributed by atoms with Crippen LogP contribution in [-0.4, -0.2) is 30.2 Å². The van der Waals surface area contributed by atoms with E-state index < -0.39 is 0 Å². The van der Waals surface area contributed by atoms with Gasteiger partial charge in [0, 0.05) is 18.3 Å². The van der Waals surface area contributed by atoms with Gasteiger partial charge in [0.2, 0.25) is 5.91 Å². The number of fused-ring (bicyclic) bond motifs is 1. The highest BCUT2D eigenvalue weighted by Crippen LogP contribution is 2.33. The molecule has 0 spiro atoms. The minimum absolute atomic E-state index is 0.0401. The Morgan fingerprint density at radius 3 is 2.56 bits per heavy atom. The van der Waals surface area contributed by atoms with E-state index in [0.717, 1.165) is 24.9 Å². The SMILES string of the molecule is CC(=O)c1ccc(NCC(=O)N(C)[C@H]2CCCc3ccccc32)cc1. The van der Waals surface area contributed by atoms with E-state index in [2.05, 4.69) is 23.5 Å². The third kappa shape index (κ3) is 3.90. The molecule has 0 aromatic heterocycles. The first-order chi connectivity index (χ1) is 12.1. The summed E-state index contributed by atoms with van der Waals surface area (Å²) in [6, 6.07) is 15.8. The van der Waals surface area contributed by atoms with Gasteiger partial charge in [0.25, 0.3) is 0 Å². The Kier molecular flexibility index (Phi) is 5.17. The second kappa shape index (κ2) is 7.51. The number of carbonyl (C=O) groups is 2. The molecule has 0 radical (unpaired) electrons. The molecule has 1 amide bonds. The topological polar surface area (TPSA) is 49.4 Å². The van der Waals surface area contributed by atoms with Gasteiger partial charge >= 0.3 is 0 Å². The highest BCUT2D eigenvalue weighted by molar-refractivity contribution is 5.94. The zero-order chi connectivity index (χ0) is 17.8. The molecule has 25 heavy (non-hydrogen) atoms. The highest BCUT2D eigenvalue weighted by atomic mass is 16.2. The molecule has 2 aromatic rings. The number of hydrogen-bond acceptors (Lipinski definition) is 3. The maximum atomic E-state index is 12.6. The number of ketones is 1. The number of Topliss-reactive ketones (excluding diaryl/α,β-unsaturated/α-hetero) is 1. The minimum Gasteiger partial charge on any atom is -0.376 e. The molecule has 2 aromatic carbocycles. The van der Waals surface area contributed by atoms with Crippen LogP contribution in [0.5, 0.6) is 0 Å². The lowest BCUT2D eigenvalue weighted by Gasteiger charge is -2.33. The normalized spacial score (nSPS) is 16.0. The van der Waals surface area contributed by atoms with Gasteiger partial charge in [-0.25, -0.2) is 0 Å². The fourth-order valence-electron chi connectivity index (χ4n) is 3.43. The predicted octanol–water partition coefficient (Wildman–Crippen LogP) is 3.84. The Bertz CT molecular complexity index is 768. The number of benzene rings is 2. The van der Waals surface area contributed by atoms with Crippen LogP contribution in [0.1, 0.15) is 47.3 Å². The molecule has 4 nitrogen and oxygen atoms in total. The lowest BCUT2D eigenvalue weighted by Crippen LogP contribution is -2.36. The van der Waals surface area contributed by atoms with Crippen molar-refractivity contribution in [1.29, 1.82) is 0 Å². The number of nitrogens with zero attached hydrogens (tertiary/aromatic N) is 1. The number of hydrogen-bond donors (Lipinski definition) is 1. The van der Waals surface area contributed by atoms with E-state index in [1.165, 1.54) is 11.1 Å². The number of nitrogens with one attached hydrogen (secondary N) is 1. The average Bonchev–Trinajstić information content (AvgIpc) is 2.65. The first-order valence-corrected chi connectivity index (χ1v) is 8.74. The fraction of sp³-hybridized carbons (Fsp3) is 0.333. The number of amides is 1.